The maximum Gasteiger partial charge on any atom is 0.121 e. The van der Waals surface area contributed by atoms with Crippen LogP contribution < -0.4 is 10.5 Å². The number of pyridine rings is 1. The van der Waals surface area contributed by atoms with Crippen molar-refractivity contribution in [2.75, 3.05) is 12.8 Å². The highest BCUT2D eigenvalue weighted by Crippen LogP contribution is 2.31. The minimum absolute atomic E-state index is 0.703. The molecule has 17 heavy (non-hydrogen) atoms. The Morgan fingerprint density at radius 2 is 1.88 bits per heavy atom. The van der Waals surface area contributed by atoms with Crippen molar-refractivity contribution in [1.82, 2.24) is 4.98 Å². The minimum Gasteiger partial charge on any atom is -0.496 e. The third-order valence-electron chi connectivity index (χ3n) is 2.85. The van der Waals surface area contributed by atoms with Crippen molar-refractivity contribution >= 4 is 5.69 Å². The highest BCUT2D eigenvalue weighted by atomic mass is 16.5. The summed E-state index contributed by atoms with van der Waals surface area (Å²) in [7, 11) is 1.67. The van der Waals surface area contributed by atoms with Gasteiger partial charge < -0.3 is 10.5 Å². The van der Waals surface area contributed by atoms with Gasteiger partial charge in [0.05, 0.1) is 19.0 Å². The molecule has 88 valence electrons. The molecule has 0 radical (unpaired) electrons. The van der Waals surface area contributed by atoms with E-state index in [0.29, 0.717) is 5.69 Å². The van der Waals surface area contributed by atoms with Crippen molar-refractivity contribution in [1.29, 1.82) is 0 Å². The number of nitrogen functional groups attached to an aromatic ring is 1. The van der Waals surface area contributed by atoms with E-state index in [1.54, 1.807) is 13.3 Å². The van der Waals surface area contributed by atoms with Gasteiger partial charge in [-0.05, 0) is 42.7 Å². The Kier molecular flexibility index (Phi) is 3.00. The molecule has 0 amide bonds. The summed E-state index contributed by atoms with van der Waals surface area (Å²) >= 11 is 0. The van der Waals surface area contributed by atoms with Gasteiger partial charge in [-0.1, -0.05) is 6.07 Å². The summed E-state index contributed by atoms with van der Waals surface area (Å²) in [5, 5.41) is 0. The molecule has 2 N–H and O–H groups in total. The molecule has 0 atom stereocenters. The molecule has 0 unspecified atom stereocenters. The Hall–Kier alpha value is -2.03. The maximum atomic E-state index is 5.98. The van der Waals surface area contributed by atoms with Crippen LogP contribution in [0.2, 0.25) is 0 Å². The van der Waals surface area contributed by atoms with Crippen molar-refractivity contribution in [2.24, 2.45) is 0 Å². The highest BCUT2D eigenvalue weighted by molar-refractivity contribution is 5.79. The Balaban J connectivity index is 2.57. The van der Waals surface area contributed by atoms with Crippen LogP contribution in [-0.2, 0) is 0 Å². The zero-order valence-corrected chi connectivity index (χ0v) is 10.3. The molecule has 0 aliphatic heterocycles. The number of nitrogens with zero attached hydrogens (tertiary/aromatic N) is 1. The SMILES string of the molecule is COc1ccc(-c2c(C)cncc2N)cc1C. The van der Waals surface area contributed by atoms with Crippen LogP contribution in [0.3, 0.4) is 0 Å². The van der Waals surface area contributed by atoms with Gasteiger partial charge in [-0.2, -0.15) is 0 Å². The van der Waals surface area contributed by atoms with E-state index < -0.39 is 0 Å². The van der Waals surface area contributed by atoms with Crippen LogP contribution in [0.1, 0.15) is 11.1 Å². The molecule has 0 aliphatic carbocycles. The Labute approximate surface area is 101 Å². The van der Waals surface area contributed by atoms with E-state index in [9.17, 15) is 0 Å². The van der Waals surface area contributed by atoms with Crippen molar-refractivity contribution in [3.8, 4) is 16.9 Å². The van der Waals surface area contributed by atoms with Crippen LogP contribution in [-0.4, -0.2) is 12.1 Å². The normalized spacial score (nSPS) is 10.3. The van der Waals surface area contributed by atoms with E-state index in [-0.39, 0.29) is 0 Å². The van der Waals surface area contributed by atoms with Crippen molar-refractivity contribution in [3.63, 3.8) is 0 Å². The van der Waals surface area contributed by atoms with Gasteiger partial charge in [-0.15, -0.1) is 0 Å². The Morgan fingerprint density at radius 1 is 1.12 bits per heavy atom. The molecule has 3 nitrogen and oxygen atoms in total. The second kappa shape index (κ2) is 4.45. The van der Waals surface area contributed by atoms with Crippen molar-refractivity contribution < 1.29 is 4.74 Å². The number of ether oxygens (including phenoxy) is 1. The fourth-order valence-electron chi connectivity index (χ4n) is 2.01. The van der Waals surface area contributed by atoms with E-state index in [1.165, 1.54) is 0 Å². The monoisotopic (exact) mass is 228 g/mol. The van der Waals surface area contributed by atoms with Gasteiger partial charge in [-0.3, -0.25) is 4.98 Å². The second-order valence-electron chi connectivity index (χ2n) is 4.11. The first-order valence-corrected chi connectivity index (χ1v) is 5.48. The van der Waals surface area contributed by atoms with E-state index in [0.717, 1.165) is 28.0 Å². The first kappa shape index (κ1) is 11.5. The summed E-state index contributed by atoms with van der Waals surface area (Å²) < 4.78 is 5.25. The molecule has 1 heterocycles. The average Bonchev–Trinajstić information content (AvgIpc) is 2.29. The Bertz CT molecular complexity index is 530. The third-order valence-corrected chi connectivity index (χ3v) is 2.85. The zero-order valence-electron chi connectivity index (χ0n) is 10.3. The zero-order chi connectivity index (χ0) is 12.4. The van der Waals surface area contributed by atoms with E-state index >= 15 is 0 Å². The predicted octanol–water partition coefficient (Wildman–Crippen LogP) is 2.96. The number of hydrogen-bond donors (Lipinski definition) is 1. The first-order chi connectivity index (χ1) is 8.13. The van der Waals surface area contributed by atoms with Gasteiger partial charge in [0.15, 0.2) is 0 Å². The standard InChI is InChI=1S/C14H16N2O/c1-9-6-11(4-5-13(9)17-3)14-10(2)7-16-8-12(14)15/h4-8H,15H2,1-3H3. The van der Waals surface area contributed by atoms with Crippen LogP contribution >= 0.6 is 0 Å². The summed E-state index contributed by atoms with van der Waals surface area (Å²) in [5.41, 5.74) is 11.0. The van der Waals surface area contributed by atoms with Crippen LogP contribution in [0.25, 0.3) is 11.1 Å². The molecule has 2 rings (SSSR count). The molecule has 0 fully saturated rings. The lowest BCUT2D eigenvalue weighted by Gasteiger charge is -2.11. The van der Waals surface area contributed by atoms with Crippen LogP contribution in [0.15, 0.2) is 30.6 Å². The lowest BCUT2D eigenvalue weighted by molar-refractivity contribution is 0.412. The first-order valence-electron chi connectivity index (χ1n) is 5.48. The number of rotatable bonds is 2. The number of methoxy groups -OCH3 is 1. The molecule has 3 heteroatoms. The molecule has 0 spiro atoms. The van der Waals surface area contributed by atoms with Gasteiger partial charge in [0.1, 0.15) is 5.75 Å². The lowest BCUT2D eigenvalue weighted by atomic mass is 9.99. The average molecular weight is 228 g/mol. The summed E-state index contributed by atoms with van der Waals surface area (Å²) in [4.78, 5) is 4.08. The quantitative estimate of drug-likeness (QED) is 0.859. The molecule has 2 aromatic rings. The molecular weight excluding hydrogens is 212 g/mol. The van der Waals surface area contributed by atoms with Gasteiger partial charge in [0, 0.05) is 11.8 Å². The number of nitrogens with two attached hydrogens (primary N) is 1. The number of aromatic nitrogens is 1. The molecule has 0 saturated carbocycles. The van der Waals surface area contributed by atoms with Crippen molar-refractivity contribution in [2.45, 2.75) is 13.8 Å². The van der Waals surface area contributed by atoms with Crippen LogP contribution in [0, 0.1) is 13.8 Å². The summed E-state index contributed by atoms with van der Waals surface area (Å²) in [6.45, 7) is 4.04. The largest absolute Gasteiger partial charge is 0.496 e. The second-order valence-corrected chi connectivity index (χ2v) is 4.11. The smallest absolute Gasteiger partial charge is 0.121 e. The molecule has 0 aliphatic rings. The van der Waals surface area contributed by atoms with E-state index in [2.05, 4.69) is 11.1 Å². The van der Waals surface area contributed by atoms with Crippen LogP contribution in [0.5, 0.6) is 5.75 Å². The number of hydrogen-bond acceptors (Lipinski definition) is 3. The fourth-order valence-corrected chi connectivity index (χ4v) is 2.01. The molecule has 1 aromatic carbocycles. The van der Waals surface area contributed by atoms with E-state index in [4.69, 9.17) is 10.5 Å². The van der Waals surface area contributed by atoms with Gasteiger partial charge in [0.2, 0.25) is 0 Å². The van der Waals surface area contributed by atoms with Crippen molar-refractivity contribution in [3.05, 3.63) is 41.7 Å². The molecule has 0 bridgehead atoms. The van der Waals surface area contributed by atoms with Gasteiger partial charge in [-0.25, -0.2) is 0 Å². The lowest BCUT2D eigenvalue weighted by Crippen LogP contribution is -1.95. The fraction of sp³-hybridized carbons (Fsp3) is 0.214. The maximum absolute atomic E-state index is 5.98. The highest BCUT2D eigenvalue weighted by Gasteiger charge is 2.08. The minimum atomic E-state index is 0.703. The summed E-state index contributed by atoms with van der Waals surface area (Å²) in [6.07, 6.45) is 3.51. The third kappa shape index (κ3) is 2.09. The number of aryl methyl sites for hydroxylation is 2. The van der Waals surface area contributed by atoms with Gasteiger partial charge >= 0.3 is 0 Å². The van der Waals surface area contributed by atoms with Gasteiger partial charge in [0.25, 0.3) is 0 Å². The van der Waals surface area contributed by atoms with E-state index in [1.807, 2.05) is 32.2 Å². The topological polar surface area (TPSA) is 48.1 Å². The molecular formula is C14H16N2O. The number of anilines is 1. The summed E-state index contributed by atoms with van der Waals surface area (Å²) in [5.74, 6) is 0.888. The number of benzene rings is 1. The van der Waals surface area contributed by atoms with Crippen LogP contribution in [0.4, 0.5) is 5.69 Å². The predicted molar refractivity (Wildman–Crippen MR) is 70.1 cm³/mol. The summed E-state index contributed by atoms with van der Waals surface area (Å²) in [6, 6.07) is 6.06. The Morgan fingerprint density at radius 3 is 2.47 bits per heavy atom. The molecule has 1 aromatic heterocycles. The molecule has 0 saturated heterocycles.